The molecule has 0 aromatic rings. The largest absolute Gasteiger partial charge is 0.456 e. The van der Waals surface area contributed by atoms with E-state index in [1.165, 1.54) is 0 Å². The SMILES string of the molecule is CC#CC#C[Si](C)(C)O[Si](C)(C)C[Si](C)(C)O[Si](C)(C)C. The van der Waals surface area contributed by atoms with Gasteiger partial charge in [0.05, 0.1) is 0 Å². The van der Waals surface area contributed by atoms with Crippen LogP contribution >= 0.6 is 0 Å². The predicted molar refractivity (Wildman–Crippen MR) is 104 cm³/mol. The lowest BCUT2D eigenvalue weighted by molar-refractivity contribution is 0.535. The minimum absolute atomic E-state index is 1.13. The van der Waals surface area contributed by atoms with E-state index in [0.717, 1.165) is 5.67 Å². The first-order chi connectivity index (χ1) is 9.18. The van der Waals surface area contributed by atoms with Crippen molar-refractivity contribution in [3.63, 3.8) is 0 Å². The average molecular weight is 357 g/mol. The Kier molecular flexibility index (Phi) is 7.42. The number of hydrogen-bond acceptors (Lipinski definition) is 2. The third kappa shape index (κ3) is 11.2. The van der Waals surface area contributed by atoms with Gasteiger partial charge in [-0.25, -0.2) is 0 Å². The summed E-state index contributed by atoms with van der Waals surface area (Å²) in [6.07, 6.45) is 0. The summed E-state index contributed by atoms with van der Waals surface area (Å²) in [5.74, 6) is 8.56. The summed E-state index contributed by atoms with van der Waals surface area (Å²) in [6, 6.07) is 0. The Morgan fingerprint density at radius 2 is 1.19 bits per heavy atom. The number of hydrogen-bond donors (Lipinski definition) is 0. The van der Waals surface area contributed by atoms with Gasteiger partial charge in [-0.2, -0.15) is 0 Å². The zero-order valence-electron chi connectivity index (χ0n) is 15.5. The molecule has 0 N–H and O–H groups in total. The molecule has 0 fully saturated rings. The smallest absolute Gasteiger partial charge is 0.257 e. The van der Waals surface area contributed by atoms with E-state index < -0.39 is 33.3 Å². The first-order valence-electron chi connectivity index (χ1n) is 7.52. The van der Waals surface area contributed by atoms with E-state index >= 15 is 0 Å². The Labute approximate surface area is 136 Å². The van der Waals surface area contributed by atoms with Gasteiger partial charge in [0.1, 0.15) is 0 Å². The van der Waals surface area contributed by atoms with E-state index in [-0.39, 0.29) is 0 Å². The van der Waals surface area contributed by atoms with Crippen LogP contribution in [0.1, 0.15) is 6.92 Å². The molecule has 21 heavy (non-hydrogen) atoms. The van der Waals surface area contributed by atoms with Crippen LogP contribution in [0.15, 0.2) is 0 Å². The van der Waals surface area contributed by atoms with E-state index in [4.69, 9.17) is 8.23 Å². The highest BCUT2D eigenvalue weighted by molar-refractivity contribution is 6.97. The van der Waals surface area contributed by atoms with Crippen molar-refractivity contribution in [1.82, 2.24) is 0 Å². The second-order valence-corrected chi connectivity index (χ2v) is 25.7. The predicted octanol–water partition coefficient (Wildman–Crippen LogP) is 4.57. The fourth-order valence-electron chi connectivity index (χ4n) is 2.89. The Morgan fingerprint density at radius 1 is 0.714 bits per heavy atom. The lowest BCUT2D eigenvalue weighted by atomic mass is 10.6. The van der Waals surface area contributed by atoms with Crippen molar-refractivity contribution >= 4 is 33.3 Å². The normalized spacial score (nSPS) is 13.0. The molecule has 2 nitrogen and oxygen atoms in total. The van der Waals surface area contributed by atoms with Crippen LogP contribution in [0.4, 0.5) is 0 Å². The fourth-order valence-corrected chi connectivity index (χ4v) is 25.7. The van der Waals surface area contributed by atoms with Crippen molar-refractivity contribution in [2.45, 2.75) is 71.5 Å². The second kappa shape index (κ2) is 7.45. The molecular formula is C15H32O2Si4. The molecule has 0 saturated carbocycles. The third-order valence-corrected chi connectivity index (χ3v) is 19.0. The van der Waals surface area contributed by atoms with Crippen molar-refractivity contribution in [1.29, 1.82) is 0 Å². The topological polar surface area (TPSA) is 18.5 Å². The molecule has 0 bridgehead atoms. The highest BCUT2D eigenvalue weighted by atomic mass is 28.5. The molecule has 0 aromatic carbocycles. The van der Waals surface area contributed by atoms with Crippen molar-refractivity contribution in [3.8, 4) is 23.3 Å². The zero-order chi connectivity index (χ0) is 16.9. The van der Waals surface area contributed by atoms with Crippen LogP contribution in [0.5, 0.6) is 0 Å². The van der Waals surface area contributed by atoms with E-state index in [1.54, 1.807) is 0 Å². The summed E-state index contributed by atoms with van der Waals surface area (Å²) in [4.78, 5) is 0. The Hall–Kier alpha value is -0.0925. The van der Waals surface area contributed by atoms with Gasteiger partial charge in [-0.3, -0.25) is 0 Å². The lowest BCUT2D eigenvalue weighted by Gasteiger charge is -2.38. The molecule has 0 aliphatic carbocycles. The van der Waals surface area contributed by atoms with Gasteiger partial charge < -0.3 is 8.23 Å². The van der Waals surface area contributed by atoms with Gasteiger partial charge in [0.25, 0.3) is 8.32 Å². The van der Waals surface area contributed by atoms with Gasteiger partial charge in [0, 0.05) is 0 Å². The van der Waals surface area contributed by atoms with Crippen LogP contribution in [0.25, 0.3) is 0 Å². The van der Waals surface area contributed by atoms with Crippen LogP contribution < -0.4 is 0 Å². The van der Waals surface area contributed by atoms with Crippen LogP contribution in [0.2, 0.25) is 64.6 Å². The van der Waals surface area contributed by atoms with E-state index in [0.29, 0.717) is 0 Å². The van der Waals surface area contributed by atoms with E-state index in [9.17, 15) is 0 Å². The molecule has 0 rings (SSSR count). The molecule has 0 radical (unpaired) electrons. The maximum absolute atomic E-state index is 6.53. The highest BCUT2D eigenvalue weighted by Gasteiger charge is 2.40. The van der Waals surface area contributed by atoms with Gasteiger partial charge in [0.2, 0.25) is 0 Å². The summed E-state index contributed by atoms with van der Waals surface area (Å²) in [7, 11) is -6.87. The van der Waals surface area contributed by atoms with Crippen molar-refractivity contribution in [2.75, 3.05) is 0 Å². The fraction of sp³-hybridized carbons (Fsp3) is 0.733. The molecule has 0 unspecified atom stereocenters. The minimum Gasteiger partial charge on any atom is -0.456 e. The summed E-state index contributed by atoms with van der Waals surface area (Å²) in [5.41, 5.74) is 4.39. The summed E-state index contributed by atoms with van der Waals surface area (Å²) >= 11 is 0. The summed E-state index contributed by atoms with van der Waals surface area (Å²) in [6.45, 7) is 22.2. The molecule has 0 aliphatic rings. The van der Waals surface area contributed by atoms with Crippen LogP contribution in [0, 0.1) is 23.3 Å². The first-order valence-corrected chi connectivity index (χ1v) is 20.1. The van der Waals surface area contributed by atoms with Gasteiger partial charge >= 0.3 is 0 Å². The van der Waals surface area contributed by atoms with Crippen molar-refractivity contribution in [3.05, 3.63) is 0 Å². The molecular weight excluding hydrogens is 325 g/mol. The molecule has 0 aliphatic heterocycles. The van der Waals surface area contributed by atoms with Crippen LogP contribution in [-0.2, 0) is 8.23 Å². The van der Waals surface area contributed by atoms with Gasteiger partial charge in [-0.05, 0) is 83.4 Å². The summed E-state index contributed by atoms with van der Waals surface area (Å²) < 4.78 is 13.0. The molecule has 0 aromatic heterocycles. The maximum atomic E-state index is 6.53. The molecule has 0 spiro atoms. The van der Waals surface area contributed by atoms with Crippen molar-refractivity contribution < 1.29 is 8.23 Å². The Bertz CT molecular complexity index is 468. The Balaban J connectivity index is 4.91. The van der Waals surface area contributed by atoms with Crippen LogP contribution in [-0.4, -0.2) is 33.3 Å². The second-order valence-electron chi connectivity index (χ2n) is 8.15. The monoisotopic (exact) mass is 356 g/mol. The van der Waals surface area contributed by atoms with Crippen molar-refractivity contribution in [2.24, 2.45) is 0 Å². The van der Waals surface area contributed by atoms with E-state index in [2.05, 4.69) is 82.2 Å². The molecule has 0 saturated heterocycles. The quantitative estimate of drug-likeness (QED) is 0.512. The molecule has 0 amide bonds. The molecule has 0 atom stereocenters. The molecule has 6 heteroatoms. The molecule has 0 heterocycles. The zero-order valence-corrected chi connectivity index (χ0v) is 19.5. The van der Waals surface area contributed by atoms with E-state index in [1.807, 2.05) is 6.92 Å². The summed E-state index contributed by atoms with van der Waals surface area (Å²) in [5, 5.41) is 0. The first kappa shape index (κ1) is 20.9. The average Bonchev–Trinajstić information content (AvgIpc) is 2.08. The maximum Gasteiger partial charge on any atom is 0.257 e. The standard InChI is InChI=1S/C15H32O2Si4/c1-11-12-13-14-19(5,6)17-21(9,10)15-20(7,8)16-18(2,3)4/h15H2,1-10H3. The third-order valence-electron chi connectivity index (χ3n) is 2.52. The minimum atomic E-state index is -1.96. The highest BCUT2D eigenvalue weighted by Crippen LogP contribution is 2.27. The molecule has 120 valence electrons. The number of rotatable bonds is 6. The Morgan fingerprint density at radius 3 is 1.62 bits per heavy atom. The van der Waals surface area contributed by atoms with Gasteiger partial charge in [-0.15, -0.1) is 0 Å². The van der Waals surface area contributed by atoms with Gasteiger partial charge in [0.15, 0.2) is 25.0 Å². The lowest BCUT2D eigenvalue weighted by Crippen LogP contribution is -2.52. The van der Waals surface area contributed by atoms with Gasteiger partial charge in [-0.1, -0.05) is 11.5 Å². The van der Waals surface area contributed by atoms with Crippen LogP contribution in [0.3, 0.4) is 0 Å².